The van der Waals surface area contributed by atoms with Crippen molar-refractivity contribution in [2.24, 2.45) is 0 Å². The average Bonchev–Trinajstić information content (AvgIpc) is 3.06. The van der Waals surface area contributed by atoms with Crippen molar-refractivity contribution < 1.29 is 24.2 Å². The van der Waals surface area contributed by atoms with E-state index in [0.717, 1.165) is 6.42 Å². The van der Waals surface area contributed by atoms with Crippen LogP contribution in [0.2, 0.25) is 0 Å². The Morgan fingerprint density at radius 1 is 1.09 bits per heavy atom. The topological polar surface area (TPSA) is 79.3 Å². The summed E-state index contributed by atoms with van der Waals surface area (Å²) in [4.78, 5) is 29.5. The van der Waals surface area contributed by atoms with Gasteiger partial charge in [-0.2, -0.15) is 0 Å². The first kappa shape index (κ1) is 23.3. The van der Waals surface area contributed by atoms with E-state index in [9.17, 15) is 14.7 Å². The second kappa shape index (κ2) is 10.3. The molecule has 2 aromatic carbocycles. The molecule has 0 unspecified atom stereocenters. The lowest BCUT2D eigenvalue weighted by Crippen LogP contribution is -2.35. The first-order valence-electron chi connectivity index (χ1n) is 10.7. The second-order valence-electron chi connectivity index (χ2n) is 7.95. The van der Waals surface area contributed by atoms with E-state index in [4.69, 9.17) is 9.47 Å². The number of methoxy groups -OCH3 is 1. The molecule has 1 amide bonds. The minimum Gasteiger partial charge on any atom is -0.507 e. The van der Waals surface area contributed by atoms with Crippen molar-refractivity contribution in [1.29, 1.82) is 0 Å². The number of nitrogens with zero attached hydrogens (tertiary/aromatic N) is 2. The van der Waals surface area contributed by atoms with Crippen molar-refractivity contribution in [3.05, 3.63) is 65.2 Å². The largest absolute Gasteiger partial charge is 0.507 e. The van der Waals surface area contributed by atoms with Crippen LogP contribution in [0.15, 0.2) is 54.1 Å². The minimum atomic E-state index is -0.706. The number of carbonyl (C=O) groups is 2. The van der Waals surface area contributed by atoms with Crippen LogP contribution in [0.25, 0.3) is 5.76 Å². The Labute approximate surface area is 188 Å². The van der Waals surface area contributed by atoms with Crippen molar-refractivity contribution in [3.8, 4) is 11.5 Å². The highest BCUT2D eigenvalue weighted by Crippen LogP contribution is 2.40. The molecule has 1 atom stereocenters. The molecule has 7 nitrogen and oxygen atoms in total. The predicted octanol–water partition coefficient (Wildman–Crippen LogP) is 3.47. The molecule has 32 heavy (non-hydrogen) atoms. The Morgan fingerprint density at radius 3 is 2.44 bits per heavy atom. The number of carbonyl (C=O) groups excluding carboxylic acids is 2. The zero-order chi connectivity index (χ0) is 23.3. The third-order valence-electron chi connectivity index (χ3n) is 5.34. The molecule has 1 fully saturated rings. The summed E-state index contributed by atoms with van der Waals surface area (Å²) in [6.07, 6.45) is 0.864. The molecule has 7 heteroatoms. The lowest BCUT2D eigenvalue weighted by molar-refractivity contribution is -0.140. The fourth-order valence-electron chi connectivity index (χ4n) is 3.66. The summed E-state index contributed by atoms with van der Waals surface area (Å²) in [5.41, 5.74) is 1.23. The van der Waals surface area contributed by atoms with Crippen LogP contribution in [0.1, 0.15) is 30.5 Å². The number of ether oxygens (including phenoxy) is 2. The van der Waals surface area contributed by atoms with Crippen molar-refractivity contribution in [1.82, 2.24) is 9.80 Å². The Morgan fingerprint density at radius 2 is 1.81 bits per heavy atom. The molecule has 0 bridgehead atoms. The van der Waals surface area contributed by atoms with E-state index in [2.05, 4.69) is 0 Å². The zero-order valence-corrected chi connectivity index (χ0v) is 19.0. The van der Waals surface area contributed by atoms with Crippen molar-refractivity contribution in [2.45, 2.75) is 19.4 Å². The molecule has 0 spiro atoms. The standard InChI is InChI=1S/C25H30N2O5/c1-5-15-32-20-8-6-7-18(16-20)22-21(23(28)17-9-11-19(31-4)12-10-17)24(29)25(30)27(22)14-13-26(2)3/h6-12,16,22,28H,5,13-15H2,1-4H3/b23-21-/t22-/m0/s1. The predicted molar refractivity (Wildman–Crippen MR) is 123 cm³/mol. The second-order valence-corrected chi connectivity index (χ2v) is 7.95. The highest BCUT2D eigenvalue weighted by Gasteiger charge is 2.46. The lowest BCUT2D eigenvalue weighted by atomic mass is 9.95. The highest BCUT2D eigenvalue weighted by molar-refractivity contribution is 6.46. The molecule has 0 saturated carbocycles. The van der Waals surface area contributed by atoms with Gasteiger partial charge in [0.2, 0.25) is 0 Å². The number of aliphatic hydroxyl groups is 1. The SMILES string of the molecule is CCCOc1cccc([C@H]2/C(=C(/O)c3ccc(OC)cc3)C(=O)C(=O)N2CCN(C)C)c1. The molecular formula is C25H30N2O5. The molecule has 1 heterocycles. The number of rotatable bonds is 9. The van der Waals surface area contributed by atoms with Crippen molar-refractivity contribution >= 4 is 17.4 Å². The molecule has 1 N–H and O–H groups in total. The van der Waals surface area contributed by atoms with Crippen LogP contribution in [-0.2, 0) is 9.59 Å². The van der Waals surface area contributed by atoms with Crippen molar-refractivity contribution in [3.63, 3.8) is 0 Å². The summed E-state index contributed by atoms with van der Waals surface area (Å²) in [7, 11) is 5.36. The van der Waals surface area contributed by atoms with E-state index >= 15 is 0 Å². The molecule has 0 radical (unpaired) electrons. The summed E-state index contributed by atoms with van der Waals surface area (Å²) < 4.78 is 10.9. The van der Waals surface area contributed by atoms with Gasteiger partial charge in [0.05, 0.1) is 25.3 Å². The zero-order valence-electron chi connectivity index (χ0n) is 19.0. The normalized spacial score (nSPS) is 17.8. The fourth-order valence-corrected chi connectivity index (χ4v) is 3.66. The number of likely N-dealkylation sites (tertiary alicyclic amines) is 1. The Hall–Kier alpha value is -3.32. The number of aliphatic hydroxyl groups excluding tert-OH is 1. The van der Waals surface area contributed by atoms with Crippen molar-refractivity contribution in [2.75, 3.05) is 40.9 Å². The van der Waals surface area contributed by atoms with Crippen LogP contribution in [0, 0.1) is 0 Å². The summed E-state index contributed by atoms with van der Waals surface area (Å²) in [5, 5.41) is 11.1. The summed E-state index contributed by atoms with van der Waals surface area (Å²) in [5.74, 6) is -0.228. The van der Waals surface area contributed by atoms with Crippen LogP contribution in [0.5, 0.6) is 11.5 Å². The van der Waals surface area contributed by atoms with Gasteiger partial charge in [-0.15, -0.1) is 0 Å². The van der Waals surface area contributed by atoms with Gasteiger partial charge in [0.15, 0.2) is 0 Å². The number of benzene rings is 2. The first-order chi connectivity index (χ1) is 15.4. The minimum absolute atomic E-state index is 0.0755. The number of likely N-dealkylation sites (N-methyl/N-ethyl adjacent to an activating group) is 1. The number of amides is 1. The smallest absolute Gasteiger partial charge is 0.295 e. The molecule has 1 aliphatic heterocycles. The summed E-state index contributed by atoms with van der Waals surface area (Å²) in [6.45, 7) is 3.52. The third kappa shape index (κ3) is 4.94. The van der Waals surface area contributed by atoms with E-state index in [0.29, 0.717) is 42.3 Å². The quantitative estimate of drug-likeness (QED) is 0.367. The third-order valence-corrected chi connectivity index (χ3v) is 5.34. The van der Waals surface area contributed by atoms with E-state index in [1.807, 2.05) is 50.2 Å². The molecule has 0 aromatic heterocycles. The van der Waals surface area contributed by atoms with Gasteiger partial charge in [-0.3, -0.25) is 9.59 Å². The van der Waals surface area contributed by atoms with Crippen LogP contribution < -0.4 is 9.47 Å². The van der Waals surface area contributed by atoms with Gasteiger partial charge >= 0.3 is 0 Å². The maximum atomic E-state index is 13.1. The van der Waals surface area contributed by atoms with Gasteiger partial charge in [-0.25, -0.2) is 0 Å². The summed E-state index contributed by atoms with van der Waals surface area (Å²) >= 11 is 0. The number of hydrogen-bond donors (Lipinski definition) is 1. The molecular weight excluding hydrogens is 408 g/mol. The van der Waals surface area contributed by atoms with Gasteiger partial charge in [-0.05, 0) is 62.5 Å². The van der Waals surface area contributed by atoms with E-state index < -0.39 is 17.7 Å². The van der Waals surface area contributed by atoms with Gasteiger partial charge in [0, 0.05) is 18.7 Å². The molecule has 170 valence electrons. The maximum Gasteiger partial charge on any atom is 0.295 e. The van der Waals surface area contributed by atoms with Gasteiger partial charge < -0.3 is 24.4 Å². The molecule has 2 aromatic rings. The first-order valence-corrected chi connectivity index (χ1v) is 10.7. The van der Waals surface area contributed by atoms with Gasteiger partial charge in [-0.1, -0.05) is 19.1 Å². The number of hydrogen-bond acceptors (Lipinski definition) is 6. The van der Waals surface area contributed by atoms with Crippen LogP contribution in [0.3, 0.4) is 0 Å². The maximum absolute atomic E-state index is 13.1. The van der Waals surface area contributed by atoms with Crippen LogP contribution >= 0.6 is 0 Å². The highest BCUT2D eigenvalue weighted by atomic mass is 16.5. The Kier molecular flexibility index (Phi) is 7.53. The molecule has 0 aliphatic carbocycles. The number of ketones is 1. The monoisotopic (exact) mass is 438 g/mol. The van der Waals surface area contributed by atoms with E-state index in [-0.39, 0.29) is 11.3 Å². The fraction of sp³-hybridized carbons (Fsp3) is 0.360. The number of Topliss-reactive ketones (excluding diaryl/α,β-unsaturated/α-hetero) is 1. The van der Waals surface area contributed by atoms with Crippen LogP contribution in [-0.4, -0.2) is 67.5 Å². The van der Waals surface area contributed by atoms with Gasteiger partial charge in [0.25, 0.3) is 11.7 Å². The Balaban J connectivity index is 2.10. The average molecular weight is 439 g/mol. The molecule has 1 aliphatic rings. The van der Waals surface area contributed by atoms with Crippen LogP contribution in [0.4, 0.5) is 0 Å². The van der Waals surface area contributed by atoms with E-state index in [1.165, 1.54) is 4.90 Å². The lowest BCUT2D eigenvalue weighted by Gasteiger charge is -2.27. The molecule has 1 saturated heterocycles. The summed E-state index contributed by atoms with van der Waals surface area (Å²) in [6, 6.07) is 13.4. The Bertz CT molecular complexity index is 998. The van der Waals surface area contributed by atoms with E-state index in [1.54, 1.807) is 31.4 Å². The molecule has 3 rings (SSSR count). The van der Waals surface area contributed by atoms with Gasteiger partial charge in [0.1, 0.15) is 17.3 Å².